The van der Waals surface area contributed by atoms with Crippen LogP contribution in [0.4, 0.5) is 4.79 Å². The monoisotopic (exact) mass is 395 g/mol. The van der Waals surface area contributed by atoms with Crippen LogP contribution in [-0.4, -0.2) is 42.7 Å². The van der Waals surface area contributed by atoms with Crippen molar-refractivity contribution in [2.75, 3.05) is 19.7 Å². The molecule has 0 radical (unpaired) electrons. The number of piperidine rings is 1. The second-order valence-electron chi connectivity index (χ2n) is 6.89. The van der Waals surface area contributed by atoms with Crippen molar-refractivity contribution in [3.8, 4) is 5.75 Å². The fraction of sp³-hybridized carbons (Fsp3) is 0.611. The lowest BCUT2D eigenvalue weighted by Gasteiger charge is -2.35. The second kappa shape index (κ2) is 7.74. The molecule has 0 aliphatic carbocycles. The Hall–Kier alpha value is -1.27. The maximum Gasteiger partial charge on any atom is 0.315 e. The number of halogens is 1. The Morgan fingerprint density at radius 2 is 2.00 bits per heavy atom. The smallest absolute Gasteiger partial charge is 0.315 e. The van der Waals surface area contributed by atoms with Crippen LogP contribution < -0.4 is 15.4 Å². The van der Waals surface area contributed by atoms with Crippen molar-refractivity contribution in [2.45, 2.75) is 51.2 Å². The van der Waals surface area contributed by atoms with E-state index in [0.717, 1.165) is 48.1 Å². The first kappa shape index (κ1) is 17.5. The van der Waals surface area contributed by atoms with Crippen molar-refractivity contribution >= 4 is 22.0 Å². The van der Waals surface area contributed by atoms with E-state index in [2.05, 4.69) is 45.3 Å². The largest absolute Gasteiger partial charge is 0.493 e. The number of fused-ring (bicyclic) bond motifs is 1. The molecule has 0 spiro atoms. The predicted octanol–water partition coefficient (Wildman–Crippen LogP) is 3.44. The molecule has 2 aliphatic heterocycles. The van der Waals surface area contributed by atoms with Gasteiger partial charge in [0, 0.05) is 41.6 Å². The number of hydrogen-bond donors (Lipinski definition) is 2. The Labute approximate surface area is 152 Å². The quantitative estimate of drug-likeness (QED) is 0.823. The number of benzene rings is 1. The normalized spacial score (nSPS) is 21.9. The van der Waals surface area contributed by atoms with Gasteiger partial charge in [0.05, 0.1) is 12.6 Å². The number of carbonyl (C=O) groups excluding carboxylic acids is 1. The van der Waals surface area contributed by atoms with E-state index in [9.17, 15) is 4.79 Å². The lowest BCUT2D eigenvalue weighted by Crippen LogP contribution is -2.50. The highest BCUT2D eigenvalue weighted by molar-refractivity contribution is 9.10. The van der Waals surface area contributed by atoms with Gasteiger partial charge in [0.2, 0.25) is 0 Å². The van der Waals surface area contributed by atoms with Crippen molar-refractivity contribution in [2.24, 2.45) is 0 Å². The topological polar surface area (TPSA) is 53.6 Å². The van der Waals surface area contributed by atoms with Gasteiger partial charge in [0.1, 0.15) is 5.75 Å². The number of hydrogen-bond acceptors (Lipinski definition) is 3. The van der Waals surface area contributed by atoms with Crippen molar-refractivity contribution in [1.82, 2.24) is 15.5 Å². The van der Waals surface area contributed by atoms with Crippen molar-refractivity contribution in [3.63, 3.8) is 0 Å². The minimum atomic E-state index is -0.0733. The standard InChI is InChI=1S/C18H26BrN3O2/c1-12(2)22-8-5-14(6-9-22)20-18(23)21-16-7-10-24-17-4-3-13(19)11-15(16)17/h3-4,11-12,14,16H,5-10H2,1-2H3,(H2,20,21,23)/t16-/m0/s1. The molecule has 1 atom stereocenters. The van der Waals surface area contributed by atoms with Crippen LogP contribution in [0.25, 0.3) is 0 Å². The Morgan fingerprint density at radius 3 is 2.71 bits per heavy atom. The van der Waals surface area contributed by atoms with Crippen LogP contribution in [0.3, 0.4) is 0 Å². The van der Waals surface area contributed by atoms with Crippen molar-refractivity contribution < 1.29 is 9.53 Å². The summed E-state index contributed by atoms with van der Waals surface area (Å²) in [6.45, 7) is 7.18. The molecule has 24 heavy (non-hydrogen) atoms. The van der Waals surface area contributed by atoms with Crippen LogP contribution in [0.5, 0.6) is 5.75 Å². The highest BCUT2D eigenvalue weighted by atomic mass is 79.9. The molecule has 2 aliphatic rings. The molecule has 0 unspecified atom stereocenters. The van der Waals surface area contributed by atoms with Gasteiger partial charge in [0.15, 0.2) is 0 Å². The summed E-state index contributed by atoms with van der Waals surface area (Å²) in [4.78, 5) is 14.9. The molecule has 1 aromatic carbocycles. The first-order valence-corrected chi connectivity index (χ1v) is 9.55. The van der Waals surface area contributed by atoms with Gasteiger partial charge in [-0.1, -0.05) is 15.9 Å². The zero-order valence-corrected chi connectivity index (χ0v) is 15.9. The molecule has 1 aromatic rings. The van der Waals surface area contributed by atoms with E-state index in [0.29, 0.717) is 12.6 Å². The third-order valence-electron chi connectivity index (χ3n) is 4.91. The van der Waals surface area contributed by atoms with Gasteiger partial charge in [-0.2, -0.15) is 0 Å². The van der Waals surface area contributed by atoms with E-state index in [1.54, 1.807) is 0 Å². The summed E-state index contributed by atoms with van der Waals surface area (Å²) in [5, 5.41) is 6.26. The number of nitrogens with zero attached hydrogens (tertiary/aromatic N) is 1. The Kier molecular flexibility index (Phi) is 5.66. The summed E-state index contributed by atoms with van der Waals surface area (Å²) >= 11 is 3.49. The molecule has 2 heterocycles. The molecule has 0 bridgehead atoms. The molecule has 5 nitrogen and oxygen atoms in total. The molecular formula is C18H26BrN3O2. The number of carbonyl (C=O) groups is 1. The molecule has 1 fully saturated rings. The zero-order chi connectivity index (χ0) is 17.1. The van der Waals surface area contributed by atoms with E-state index >= 15 is 0 Å². The summed E-state index contributed by atoms with van der Waals surface area (Å²) in [5.74, 6) is 0.861. The number of rotatable bonds is 3. The molecular weight excluding hydrogens is 370 g/mol. The van der Waals surface area contributed by atoms with E-state index in [1.807, 2.05) is 18.2 Å². The zero-order valence-electron chi connectivity index (χ0n) is 14.3. The van der Waals surface area contributed by atoms with Crippen LogP contribution in [0.1, 0.15) is 44.7 Å². The third-order valence-corrected chi connectivity index (χ3v) is 5.40. The number of nitrogens with one attached hydrogen (secondary N) is 2. The Balaban J connectivity index is 1.54. The van der Waals surface area contributed by atoms with Crippen LogP contribution in [-0.2, 0) is 0 Å². The number of ether oxygens (including phenoxy) is 1. The van der Waals surface area contributed by atoms with Crippen LogP contribution in [0, 0.1) is 0 Å². The fourth-order valence-corrected chi connectivity index (χ4v) is 3.84. The molecule has 0 aromatic heterocycles. The summed E-state index contributed by atoms with van der Waals surface area (Å²) in [7, 11) is 0. The lowest BCUT2D eigenvalue weighted by molar-refractivity contribution is 0.160. The van der Waals surface area contributed by atoms with E-state index in [1.165, 1.54) is 0 Å². The summed E-state index contributed by atoms with van der Waals surface area (Å²) in [6.07, 6.45) is 2.83. The highest BCUT2D eigenvalue weighted by Crippen LogP contribution is 2.34. The lowest BCUT2D eigenvalue weighted by atomic mass is 10.0. The van der Waals surface area contributed by atoms with Crippen molar-refractivity contribution in [1.29, 1.82) is 0 Å². The van der Waals surface area contributed by atoms with E-state index < -0.39 is 0 Å². The Morgan fingerprint density at radius 1 is 1.25 bits per heavy atom. The molecule has 0 saturated carbocycles. The second-order valence-corrected chi connectivity index (χ2v) is 7.81. The van der Waals surface area contributed by atoms with Gasteiger partial charge in [-0.05, 0) is 44.9 Å². The molecule has 6 heteroatoms. The minimum absolute atomic E-state index is 0.00185. The summed E-state index contributed by atoms with van der Waals surface area (Å²) in [5.41, 5.74) is 1.04. The van der Waals surface area contributed by atoms with Gasteiger partial charge in [-0.3, -0.25) is 0 Å². The fourth-order valence-electron chi connectivity index (χ4n) is 3.46. The van der Waals surface area contributed by atoms with Gasteiger partial charge in [-0.25, -0.2) is 4.79 Å². The van der Waals surface area contributed by atoms with Gasteiger partial charge >= 0.3 is 6.03 Å². The first-order valence-electron chi connectivity index (χ1n) is 8.76. The highest BCUT2D eigenvalue weighted by Gasteiger charge is 2.26. The predicted molar refractivity (Wildman–Crippen MR) is 98.4 cm³/mol. The van der Waals surface area contributed by atoms with Crippen molar-refractivity contribution in [3.05, 3.63) is 28.2 Å². The first-order chi connectivity index (χ1) is 11.5. The van der Waals surface area contributed by atoms with E-state index in [4.69, 9.17) is 4.74 Å². The number of urea groups is 1. The Bertz CT molecular complexity index is 586. The maximum absolute atomic E-state index is 12.4. The molecule has 132 valence electrons. The maximum atomic E-state index is 12.4. The molecule has 1 saturated heterocycles. The van der Waals surface area contributed by atoms with Gasteiger partial charge in [-0.15, -0.1) is 0 Å². The van der Waals surface area contributed by atoms with Crippen LogP contribution in [0.2, 0.25) is 0 Å². The number of amides is 2. The van der Waals surface area contributed by atoms with Crippen LogP contribution >= 0.6 is 15.9 Å². The average molecular weight is 396 g/mol. The summed E-state index contributed by atoms with van der Waals surface area (Å²) in [6, 6.07) is 6.72. The minimum Gasteiger partial charge on any atom is -0.493 e. The summed E-state index contributed by atoms with van der Waals surface area (Å²) < 4.78 is 6.68. The van der Waals surface area contributed by atoms with E-state index in [-0.39, 0.29) is 18.1 Å². The SMILES string of the molecule is CC(C)N1CCC(NC(=O)N[C@H]2CCOc3ccc(Br)cc32)CC1. The molecule has 3 rings (SSSR count). The molecule has 2 N–H and O–H groups in total. The number of likely N-dealkylation sites (tertiary alicyclic amines) is 1. The average Bonchev–Trinajstić information content (AvgIpc) is 2.56. The molecule has 2 amide bonds. The van der Waals surface area contributed by atoms with Crippen LogP contribution in [0.15, 0.2) is 22.7 Å². The van der Waals surface area contributed by atoms with Gasteiger partial charge < -0.3 is 20.3 Å². The van der Waals surface area contributed by atoms with Gasteiger partial charge in [0.25, 0.3) is 0 Å². The third kappa shape index (κ3) is 4.22.